The molecule has 0 aliphatic rings. The maximum absolute atomic E-state index is 11.7. The van der Waals surface area contributed by atoms with Crippen LogP contribution in [0.3, 0.4) is 0 Å². The van der Waals surface area contributed by atoms with Crippen LogP contribution in [0.25, 0.3) is 0 Å². The van der Waals surface area contributed by atoms with Crippen molar-refractivity contribution in [3.8, 4) is 11.5 Å². The smallest absolute Gasteiger partial charge is 0.453 e. The van der Waals surface area contributed by atoms with E-state index < -0.39 is 30.3 Å². The van der Waals surface area contributed by atoms with E-state index in [1.165, 1.54) is 0 Å². The predicted molar refractivity (Wildman–Crippen MR) is 150 cm³/mol. The highest BCUT2D eigenvalue weighted by Gasteiger charge is 2.26. The first kappa shape index (κ1) is 31.9. The summed E-state index contributed by atoms with van der Waals surface area (Å²) in [6.07, 6.45) is -3.59. The van der Waals surface area contributed by atoms with E-state index in [4.69, 9.17) is 51.6 Å². The monoisotopic (exact) mass is 580 g/mol. The molecule has 212 valence electrons. The average Bonchev–Trinajstić information content (AvgIpc) is 2.83. The molecule has 2 rings (SSSR count). The Kier molecular flexibility index (Phi) is 11.6. The van der Waals surface area contributed by atoms with Crippen LogP contribution in [0.5, 0.6) is 11.5 Å². The molecule has 2 aromatic carbocycles. The maximum atomic E-state index is 11.7. The average molecular weight is 581 g/mol. The summed E-state index contributed by atoms with van der Waals surface area (Å²) in [5, 5.41) is 0.670. The molecule has 0 saturated carbocycles. The second-order valence-electron chi connectivity index (χ2n) is 9.51. The Bertz CT molecular complexity index is 1120. The molecule has 39 heavy (non-hydrogen) atoms. The van der Waals surface area contributed by atoms with Gasteiger partial charge in [0.15, 0.2) is 0 Å². The Morgan fingerprint density at radius 2 is 1.13 bits per heavy atom. The summed E-state index contributed by atoms with van der Waals surface area (Å²) >= 11 is 13.0. The molecule has 0 N–H and O–H groups in total. The fourth-order valence-electron chi connectivity index (χ4n) is 3.25. The lowest BCUT2D eigenvalue weighted by atomic mass is 9.78. The van der Waals surface area contributed by atoms with Crippen molar-refractivity contribution in [3.63, 3.8) is 0 Å². The van der Waals surface area contributed by atoms with Gasteiger partial charge in [0, 0.05) is 19.3 Å². The highest BCUT2D eigenvalue weighted by atomic mass is 35.5. The van der Waals surface area contributed by atoms with Crippen LogP contribution in [0.4, 0.5) is 9.59 Å². The topological polar surface area (TPSA) is 89.5 Å². The molecule has 2 atom stereocenters. The van der Waals surface area contributed by atoms with Crippen LogP contribution in [-0.2, 0) is 24.4 Å². The van der Waals surface area contributed by atoms with Crippen molar-refractivity contribution < 1.29 is 38.0 Å². The number of hydrogen-bond donors (Lipinski definition) is 0. The molecule has 0 radical (unpaired) electrons. The number of carbonyl (C=O) groups excluding carboxylic acids is 2. The van der Waals surface area contributed by atoms with Crippen LogP contribution >= 0.6 is 23.2 Å². The maximum Gasteiger partial charge on any atom is 0.511 e. The van der Waals surface area contributed by atoms with Gasteiger partial charge in [-0.05, 0) is 60.4 Å². The minimum absolute atomic E-state index is 0.0600. The van der Waals surface area contributed by atoms with Crippen molar-refractivity contribution in [3.05, 3.63) is 81.9 Å². The first-order valence-corrected chi connectivity index (χ1v) is 12.8. The molecule has 0 amide bonds. The van der Waals surface area contributed by atoms with Gasteiger partial charge in [0.1, 0.15) is 24.7 Å². The third-order valence-electron chi connectivity index (χ3n) is 5.29. The quantitative estimate of drug-likeness (QED) is 0.141. The first-order valence-electron chi connectivity index (χ1n) is 12.1. The van der Waals surface area contributed by atoms with Gasteiger partial charge in [0.05, 0.1) is 10.0 Å². The van der Waals surface area contributed by atoms with Crippen LogP contribution in [0.15, 0.2) is 60.7 Å². The Labute approximate surface area is 239 Å². The highest BCUT2D eigenvalue weighted by Crippen LogP contribution is 2.39. The van der Waals surface area contributed by atoms with Crippen molar-refractivity contribution in [2.24, 2.45) is 0 Å². The predicted octanol–water partition coefficient (Wildman–Crippen LogP) is 8.23. The van der Waals surface area contributed by atoms with Crippen molar-refractivity contribution in [1.82, 2.24) is 0 Å². The summed E-state index contributed by atoms with van der Waals surface area (Å²) in [5.74, 6) is 0.683. The lowest BCUT2D eigenvalue weighted by Crippen LogP contribution is -2.23. The van der Waals surface area contributed by atoms with E-state index in [0.29, 0.717) is 32.7 Å². The molecule has 0 aliphatic heterocycles. The van der Waals surface area contributed by atoms with E-state index in [0.717, 1.165) is 11.1 Å². The number of rotatable bonds is 12. The van der Waals surface area contributed by atoms with Crippen molar-refractivity contribution in [2.75, 3.05) is 13.2 Å². The van der Waals surface area contributed by atoms with Gasteiger partial charge in [-0.3, -0.25) is 0 Å². The Hall–Kier alpha value is -3.36. The summed E-state index contributed by atoms with van der Waals surface area (Å²) in [7, 11) is 0. The molecular formula is C29H34Cl2O8. The van der Waals surface area contributed by atoms with Gasteiger partial charge >= 0.3 is 12.3 Å². The molecule has 0 spiro atoms. The van der Waals surface area contributed by atoms with Crippen LogP contribution in [0, 0.1) is 0 Å². The van der Waals surface area contributed by atoms with Crippen LogP contribution in [0.1, 0.15) is 52.7 Å². The Balaban J connectivity index is 2.07. The molecule has 8 nitrogen and oxygen atoms in total. The number of benzene rings is 2. The third-order valence-corrected chi connectivity index (χ3v) is 5.88. The summed E-state index contributed by atoms with van der Waals surface area (Å²) in [6.45, 7) is 18.0. The van der Waals surface area contributed by atoms with E-state index >= 15 is 0 Å². The van der Waals surface area contributed by atoms with E-state index in [9.17, 15) is 9.59 Å². The van der Waals surface area contributed by atoms with E-state index in [1.807, 2.05) is 26.0 Å². The number of ether oxygens (including phenoxy) is 6. The molecule has 0 fully saturated rings. The van der Waals surface area contributed by atoms with E-state index in [-0.39, 0.29) is 13.2 Å². The van der Waals surface area contributed by atoms with Gasteiger partial charge in [-0.25, -0.2) is 9.59 Å². The second kappa shape index (κ2) is 14.1. The van der Waals surface area contributed by atoms with Crippen LogP contribution in [-0.4, -0.2) is 38.1 Å². The standard InChI is InChI=1S/C29H34Cl2O8/c1-17(2)15-34-27(32)38-19(5)36-25-11-9-21(13-23(25)30)29(7,8)22-10-12-26(24(31)14-22)37-20(6)39-28(33)35-16-18(3)4/h9-14,19-20H,1,3,15-16H2,2,4-8H3. The van der Waals surface area contributed by atoms with Crippen molar-refractivity contribution in [1.29, 1.82) is 0 Å². The fourth-order valence-corrected chi connectivity index (χ4v) is 3.70. The molecular weight excluding hydrogens is 547 g/mol. The zero-order valence-electron chi connectivity index (χ0n) is 23.0. The number of carbonyl (C=O) groups is 2. The number of halogens is 2. The summed E-state index contributed by atoms with van der Waals surface area (Å²) in [6, 6.07) is 10.7. The van der Waals surface area contributed by atoms with Gasteiger partial charge < -0.3 is 28.4 Å². The third kappa shape index (κ3) is 10.0. The molecule has 2 aromatic rings. The van der Waals surface area contributed by atoms with E-state index in [1.54, 1.807) is 52.0 Å². The largest absolute Gasteiger partial charge is 0.511 e. The molecule has 0 bridgehead atoms. The molecule has 0 heterocycles. The van der Waals surface area contributed by atoms with Crippen molar-refractivity contribution >= 4 is 35.5 Å². The fraction of sp³-hybridized carbons (Fsp3) is 0.379. The molecule has 0 aromatic heterocycles. The molecule has 0 aliphatic carbocycles. The highest BCUT2D eigenvalue weighted by molar-refractivity contribution is 6.32. The minimum Gasteiger partial charge on any atom is -0.453 e. The first-order chi connectivity index (χ1) is 18.2. The minimum atomic E-state index is -0.926. The molecule has 2 unspecified atom stereocenters. The van der Waals surface area contributed by atoms with Gasteiger partial charge in [-0.1, -0.05) is 62.3 Å². The van der Waals surface area contributed by atoms with Gasteiger partial charge in [-0.15, -0.1) is 0 Å². The Morgan fingerprint density at radius 1 is 0.769 bits per heavy atom. The molecule has 0 saturated heterocycles. The SMILES string of the molecule is C=C(C)COC(=O)OC(C)Oc1ccc(C(C)(C)c2ccc(OC(C)OC(=O)OCC(=C)C)c(Cl)c2)cc1Cl. The van der Waals surface area contributed by atoms with Gasteiger partial charge in [-0.2, -0.15) is 0 Å². The number of hydrogen-bond acceptors (Lipinski definition) is 8. The van der Waals surface area contributed by atoms with Gasteiger partial charge in [0.2, 0.25) is 12.6 Å². The lowest BCUT2D eigenvalue weighted by molar-refractivity contribution is -0.0519. The van der Waals surface area contributed by atoms with Crippen LogP contribution < -0.4 is 9.47 Å². The summed E-state index contributed by atoms with van der Waals surface area (Å²) in [5.41, 5.74) is 2.63. The summed E-state index contributed by atoms with van der Waals surface area (Å²) < 4.78 is 31.3. The second-order valence-corrected chi connectivity index (χ2v) is 10.3. The van der Waals surface area contributed by atoms with Gasteiger partial charge in [0.25, 0.3) is 0 Å². The van der Waals surface area contributed by atoms with Crippen molar-refractivity contribution in [2.45, 2.75) is 59.5 Å². The molecule has 10 heteroatoms. The zero-order chi connectivity index (χ0) is 29.3. The zero-order valence-corrected chi connectivity index (χ0v) is 24.5. The van der Waals surface area contributed by atoms with Crippen LogP contribution in [0.2, 0.25) is 10.0 Å². The summed E-state index contributed by atoms with van der Waals surface area (Å²) in [4.78, 5) is 23.5. The Morgan fingerprint density at radius 3 is 1.44 bits per heavy atom. The lowest BCUT2D eigenvalue weighted by Gasteiger charge is -2.27. The van der Waals surface area contributed by atoms with E-state index in [2.05, 4.69) is 13.2 Å². The normalized spacial score (nSPS) is 12.5.